The van der Waals surface area contributed by atoms with Crippen molar-refractivity contribution >= 4 is 17.2 Å². The smallest absolute Gasteiger partial charge is 0.165 e. The lowest BCUT2D eigenvalue weighted by molar-refractivity contribution is 0.434. The summed E-state index contributed by atoms with van der Waals surface area (Å²) in [5.74, 6) is -1.06. The molecule has 1 aliphatic heterocycles. The fraction of sp³-hybridized carbons (Fsp3) is 0.350. The van der Waals surface area contributed by atoms with Crippen molar-refractivity contribution < 1.29 is 9.50 Å². The molecule has 5 nitrogen and oxygen atoms in total. The average molecular weight is 352 g/mol. The first-order chi connectivity index (χ1) is 12.4. The van der Waals surface area contributed by atoms with Crippen LogP contribution in [0, 0.1) is 5.82 Å². The number of aromatic nitrogens is 3. The molecule has 6 heteroatoms. The normalized spacial score (nSPS) is 14.5. The Morgan fingerprint density at radius 3 is 2.77 bits per heavy atom. The van der Waals surface area contributed by atoms with Gasteiger partial charge in [-0.25, -0.2) is 4.39 Å². The third-order valence-corrected chi connectivity index (χ3v) is 4.82. The lowest BCUT2D eigenvalue weighted by atomic mass is 9.81. The maximum absolute atomic E-state index is 14.0. The van der Waals surface area contributed by atoms with E-state index in [1.807, 2.05) is 6.21 Å². The van der Waals surface area contributed by atoms with Gasteiger partial charge in [0.15, 0.2) is 17.2 Å². The molecule has 0 bridgehead atoms. The number of hydrogen-bond donors (Lipinski definition) is 2. The number of aliphatic imine (C=N–C) groups is 1. The van der Waals surface area contributed by atoms with Gasteiger partial charge in [0.05, 0.1) is 0 Å². The van der Waals surface area contributed by atoms with Gasteiger partial charge < -0.3 is 10.1 Å². The van der Waals surface area contributed by atoms with E-state index in [1.165, 1.54) is 11.6 Å². The number of halogens is 1. The first-order valence-electron chi connectivity index (χ1n) is 8.74. The predicted octanol–water partition coefficient (Wildman–Crippen LogP) is 3.94. The third-order valence-electron chi connectivity index (χ3n) is 4.82. The lowest BCUT2D eigenvalue weighted by Crippen LogP contribution is -2.16. The molecule has 26 heavy (non-hydrogen) atoms. The number of fused-ring (bicyclic) bond motifs is 3. The third kappa shape index (κ3) is 2.57. The largest absolute Gasteiger partial charge is 0.504 e. The summed E-state index contributed by atoms with van der Waals surface area (Å²) in [6.07, 6.45) is 3.48. The van der Waals surface area contributed by atoms with Gasteiger partial charge in [-0.05, 0) is 28.7 Å². The Morgan fingerprint density at radius 2 is 2.00 bits per heavy atom. The Bertz CT molecular complexity index is 1030. The highest BCUT2D eigenvalue weighted by molar-refractivity contribution is 5.93. The number of nitrogens with zero attached hydrogens (tertiary/aromatic N) is 3. The summed E-state index contributed by atoms with van der Waals surface area (Å²) >= 11 is 0. The number of nitrogens with one attached hydrogen (secondary N) is 1. The number of aromatic hydroxyl groups is 1. The first kappa shape index (κ1) is 16.7. The van der Waals surface area contributed by atoms with Crippen LogP contribution in [-0.4, -0.2) is 33.0 Å². The van der Waals surface area contributed by atoms with Gasteiger partial charge in [0.1, 0.15) is 5.69 Å². The van der Waals surface area contributed by atoms with Crippen molar-refractivity contribution in [2.75, 3.05) is 6.54 Å². The number of phenolic OH excluding ortho intramolecular Hbond substituents is 1. The van der Waals surface area contributed by atoms with Gasteiger partial charge in [0, 0.05) is 42.2 Å². The monoisotopic (exact) mass is 352 g/mol. The van der Waals surface area contributed by atoms with Crippen LogP contribution in [0.1, 0.15) is 37.6 Å². The number of rotatable bonds is 1. The van der Waals surface area contributed by atoms with Gasteiger partial charge in [-0.2, -0.15) is 0 Å². The minimum atomic E-state index is -0.663. The van der Waals surface area contributed by atoms with Crippen molar-refractivity contribution in [2.24, 2.45) is 4.99 Å². The Morgan fingerprint density at radius 1 is 1.19 bits per heavy atom. The minimum Gasteiger partial charge on any atom is -0.504 e. The van der Waals surface area contributed by atoms with Crippen LogP contribution < -0.4 is 0 Å². The van der Waals surface area contributed by atoms with Crippen LogP contribution in [-0.2, 0) is 18.3 Å². The van der Waals surface area contributed by atoms with E-state index < -0.39 is 11.6 Å². The molecule has 0 saturated carbocycles. The zero-order valence-corrected chi connectivity index (χ0v) is 15.1. The van der Waals surface area contributed by atoms with E-state index in [9.17, 15) is 9.50 Å². The summed E-state index contributed by atoms with van der Waals surface area (Å²) in [7, 11) is 0. The van der Waals surface area contributed by atoms with Crippen LogP contribution >= 0.6 is 0 Å². The molecule has 0 spiro atoms. The molecule has 1 aromatic carbocycles. The minimum absolute atomic E-state index is 0.276. The maximum Gasteiger partial charge on any atom is 0.165 e. The fourth-order valence-corrected chi connectivity index (χ4v) is 3.67. The number of para-hydroxylation sites is 1. The molecule has 0 unspecified atom stereocenters. The Kier molecular flexibility index (Phi) is 3.79. The highest BCUT2D eigenvalue weighted by Gasteiger charge is 2.29. The molecule has 3 aromatic rings. The van der Waals surface area contributed by atoms with Gasteiger partial charge in [0.25, 0.3) is 0 Å². The SMILES string of the molecule is CC(C)(C)c1c(-c2cccc(F)c2O)nnc2[nH]c3c(c12)CC=NCC3. The molecule has 2 aromatic heterocycles. The molecule has 0 radical (unpaired) electrons. The van der Waals surface area contributed by atoms with Gasteiger partial charge in [0.2, 0.25) is 0 Å². The van der Waals surface area contributed by atoms with Gasteiger partial charge in [-0.15, -0.1) is 10.2 Å². The van der Waals surface area contributed by atoms with Gasteiger partial charge >= 0.3 is 0 Å². The molecule has 1 aliphatic rings. The van der Waals surface area contributed by atoms with Crippen LogP contribution in [0.15, 0.2) is 23.2 Å². The summed E-state index contributed by atoms with van der Waals surface area (Å²) < 4.78 is 14.0. The van der Waals surface area contributed by atoms with Gasteiger partial charge in [-0.1, -0.05) is 26.8 Å². The number of phenols is 1. The van der Waals surface area contributed by atoms with E-state index >= 15 is 0 Å². The highest BCUT2D eigenvalue weighted by Crippen LogP contribution is 2.41. The fourth-order valence-electron chi connectivity index (χ4n) is 3.67. The Labute approximate surface area is 151 Å². The van der Waals surface area contributed by atoms with Crippen molar-refractivity contribution in [1.29, 1.82) is 0 Å². The van der Waals surface area contributed by atoms with E-state index in [4.69, 9.17) is 0 Å². The van der Waals surface area contributed by atoms with E-state index in [0.717, 1.165) is 41.7 Å². The maximum atomic E-state index is 14.0. The number of H-pyrrole nitrogens is 1. The van der Waals surface area contributed by atoms with Crippen molar-refractivity contribution in [2.45, 2.75) is 39.0 Å². The molecule has 0 fully saturated rings. The molecular formula is C20H21FN4O. The van der Waals surface area contributed by atoms with Crippen molar-refractivity contribution in [1.82, 2.24) is 15.2 Å². The van der Waals surface area contributed by atoms with Crippen molar-refractivity contribution in [3.63, 3.8) is 0 Å². The van der Waals surface area contributed by atoms with Crippen LogP contribution in [0.3, 0.4) is 0 Å². The molecule has 0 aliphatic carbocycles. The Hall–Kier alpha value is -2.76. The van der Waals surface area contributed by atoms with E-state index in [-0.39, 0.29) is 5.41 Å². The first-order valence-corrected chi connectivity index (χ1v) is 8.74. The van der Waals surface area contributed by atoms with E-state index in [1.54, 1.807) is 12.1 Å². The zero-order valence-electron chi connectivity index (χ0n) is 15.1. The van der Waals surface area contributed by atoms with Crippen LogP contribution in [0.25, 0.3) is 22.3 Å². The molecule has 0 amide bonds. The van der Waals surface area contributed by atoms with E-state index in [2.05, 4.69) is 40.9 Å². The molecular weight excluding hydrogens is 331 g/mol. The Balaban J connectivity index is 2.10. The predicted molar refractivity (Wildman–Crippen MR) is 100 cm³/mol. The molecule has 2 N–H and O–H groups in total. The molecule has 3 heterocycles. The number of aromatic amines is 1. The second-order valence-electron chi connectivity index (χ2n) is 7.66. The van der Waals surface area contributed by atoms with Crippen LogP contribution in [0.2, 0.25) is 0 Å². The van der Waals surface area contributed by atoms with Gasteiger partial charge in [-0.3, -0.25) is 4.99 Å². The standard InChI is InChI=1S/C20H21FN4O/c1-20(2,3)16-15-11-7-9-22-10-8-14(11)23-19(15)25-24-17(16)12-5-4-6-13(21)18(12)26/h4-6,9,26H,7-8,10H2,1-3H3,(H,23,25). The molecule has 0 saturated heterocycles. The topological polar surface area (TPSA) is 74.2 Å². The summed E-state index contributed by atoms with van der Waals surface area (Å²) in [4.78, 5) is 7.78. The van der Waals surface area contributed by atoms with Crippen LogP contribution in [0.4, 0.5) is 4.39 Å². The molecule has 4 rings (SSSR count). The summed E-state index contributed by atoms with van der Waals surface area (Å²) in [6.45, 7) is 7.02. The van der Waals surface area contributed by atoms with Crippen molar-refractivity contribution in [3.8, 4) is 17.0 Å². The number of hydrogen-bond acceptors (Lipinski definition) is 4. The highest BCUT2D eigenvalue weighted by atomic mass is 19.1. The summed E-state index contributed by atoms with van der Waals surface area (Å²) in [5.41, 5.74) is 4.58. The lowest BCUT2D eigenvalue weighted by Gasteiger charge is -2.24. The number of benzene rings is 1. The molecule has 134 valence electrons. The van der Waals surface area contributed by atoms with Crippen LogP contribution in [0.5, 0.6) is 5.75 Å². The van der Waals surface area contributed by atoms with E-state index in [0.29, 0.717) is 11.3 Å². The van der Waals surface area contributed by atoms with Crippen molar-refractivity contribution in [3.05, 3.63) is 40.8 Å². The quantitative estimate of drug-likeness (QED) is 0.697. The molecule has 0 atom stereocenters. The zero-order chi connectivity index (χ0) is 18.5. The second kappa shape index (κ2) is 5.90. The summed E-state index contributed by atoms with van der Waals surface area (Å²) in [5, 5.41) is 20.0. The second-order valence-corrected chi connectivity index (χ2v) is 7.66. The average Bonchev–Trinajstić information content (AvgIpc) is 2.77. The summed E-state index contributed by atoms with van der Waals surface area (Å²) in [6, 6.07) is 4.49.